The van der Waals surface area contributed by atoms with Crippen molar-refractivity contribution in [2.45, 2.75) is 4.90 Å². The zero-order chi connectivity index (χ0) is 20.4. The number of H-pyrrole nitrogens is 1. The van der Waals surface area contributed by atoms with Crippen LogP contribution >= 0.6 is 11.6 Å². The molecule has 1 N–H and O–H groups in total. The normalized spacial score (nSPS) is 18.8. The number of aromatic amines is 1. The van der Waals surface area contributed by atoms with Crippen LogP contribution in [0.5, 0.6) is 0 Å². The Morgan fingerprint density at radius 3 is 2.34 bits per heavy atom. The van der Waals surface area contributed by atoms with Crippen molar-refractivity contribution in [2.24, 2.45) is 0 Å². The Morgan fingerprint density at radius 1 is 1.00 bits per heavy atom. The van der Waals surface area contributed by atoms with Gasteiger partial charge in [0.25, 0.3) is 5.56 Å². The molecule has 2 aliphatic rings. The van der Waals surface area contributed by atoms with Crippen LogP contribution in [0, 0.1) is 0 Å². The van der Waals surface area contributed by atoms with E-state index in [-0.39, 0.29) is 9.92 Å². The maximum atomic E-state index is 12.7. The lowest BCUT2D eigenvalue weighted by Gasteiger charge is -2.36. The number of aromatic nitrogens is 3. The Balaban J connectivity index is 1.43. The third kappa shape index (κ3) is 4.08. The maximum absolute atomic E-state index is 12.7. The molecule has 29 heavy (non-hydrogen) atoms. The summed E-state index contributed by atoms with van der Waals surface area (Å²) in [5.41, 5.74) is 0.195. The number of halogens is 1. The zero-order valence-electron chi connectivity index (χ0n) is 15.6. The molecular weight excluding hydrogens is 420 g/mol. The van der Waals surface area contributed by atoms with Crippen LogP contribution in [0.15, 0.2) is 34.2 Å². The highest BCUT2D eigenvalue weighted by Crippen LogP contribution is 2.24. The van der Waals surface area contributed by atoms with Gasteiger partial charge in [-0.15, -0.1) is 0 Å². The third-order valence-electron chi connectivity index (χ3n) is 5.05. The van der Waals surface area contributed by atoms with Crippen molar-refractivity contribution in [3.8, 4) is 0 Å². The van der Waals surface area contributed by atoms with Gasteiger partial charge in [0.05, 0.1) is 25.1 Å². The fourth-order valence-electron chi connectivity index (χ4n) is 3.42. The predicted octanol–water partition coefficient (Wildman–Crippen LogP) is 0.166. The van der Waals surface area contributed by atoms with Crippen LogP contribution in [-0.2, 0) is 14.8 Å². The van der Waals surface area contributed by atoms with Crippen LogP contribution in [0.25, 0.3) is 0 Å². The van der Waals surface area contributed by atoms with Crippen LogP contribution in [0.2, 0.25) is 5.02 Å². The molecule has 4 heterocycles. The highest BCUT2D eigenvalue weighted by atomic mass is 35.5. The largest absolute Gasteiger partial charge is 0.379 e. The summed E-state index contributed by atoms with van der Waals surface area (Å²) in [6, 6.07) is 3.32. The Labute approximate surface area is 173 Å². The van der Waals surface area contributed by atoms with Crippen LogP contribution < -0.4 is 15.4 Å². The number of anilines is 2. The molecule has 2 aromatic rings. The van der Waals surface area contributed by atoms with Gasteiger partial charge < -0.3 is 14.5 Å². The lowest BCUT2D eigenvalue weighted by Crippen LogP contribution is -2.47. The van der Waals surface area contributed by atoms with Gasteiger partial charge in [-0.2, -0.15) is 9.40 Å². The highest BCUT2D eigenvalue weighted by molar-refractivity contribution is 7.89. The molecule has 0 saturated carbocycles. The average molecular weight is 441 g/mol. The summed E-state index contributed by atoms with van der Waals surface area (Å²) in [6.45, 7) is 4.11. The molecule has 156 valence electrons. The number of sulfonamides is 1. The van der Waals surface area contributed by atoms with Gasteiger partial charge in [-0.05, 0) is 12.1 Å². The number of hydrogen-bond donors (Lipinski definition) is 1. The van der Waals surface area contributed by atoms with E-state index in [9.17, 15) is 13.2 Å². The van der Waals surface area contributed by atoms with Crippen molar-refractivity contribution in [1.29, 1.82) is 0 Å². The number of pyridine rings is 1. The van der Waals surface area contributed by atoms with Gasteiger partial charge in [-0.3, -0.25) is 4.79 Å². The molecule has 0 amide bonds. The summed E-state index contributed by atoms with van der Waals surface area (Å²) in [5, 5.41) is 6.25. The molecule has 2 fully saturated rings. The number of morpholine rings is 1. The second kappa shape index (κ2) is 8.27. The quantitative estimate of drug-likeness (QED) is 0.715. The summed E-state index contributed by atoms with van der Waals surface area (Å²) < 4.78 is 32.0. The lowest BCUT2D eigenvalue weighted by atomic mass is 10.2. The Morgan fingerprint density at radius 2 is 1.69 bits per heavy atom. The first-order valence-electron chi connectivity index (χ1n) is 9.24. The summed E-state index contributed by atoms with van der Waals surface area (Å²) in [5.74, 6) is 0.709. The molecule has 0 radical (unpaired) electrons. The number of nitrogens with zero attached hydrogens (tertiary/aromatic N) is 5. The molecule has 12 heteroatoms. The number of ether oxygens (including phenoxy) is 1. The van der Waals surface area contributed by atoms with E-state index in [1.165, 1.54) is 10.5 Å². The Kier molecular flexibility index (Phi) is 5.72. The minimum atomic E-state index is -3.55. The molecule has 0 aliphatic carbocycles. The van der Waals surface area contributed by atoms with E-state index in [0.29, 0.717) is 64.0 Å². The predicted molar refractivity (Wildman–Crippen MR) is 108 cm³/mol. The van der Waals surface area contributed by atoms with E-state index < -0.39 is 15.6 Å². The topological polar surface area (TPSA) is 112 Å². The van der Waals surface area contributed by atoms with Crippen LogP contribution in [0.3, 0.4) is 0 Å². The lowest BCUT2D eigenvalue weighted by molar-refractivity contribution is 0.0730. The molecule has 2 saturated heterocycles. The molecule has 0 unspecified atom stereocenters. The molecule has 10 nitrogen and oxygen atoms in total. The van der Waals surface area contributed by atoms with E-state index in [1.807, 2.05) is 4.90 Å². The van der Waals surface area contributed by atoms with Gasteiger partial charge in [-0.1, -0.05) is 11.6 Å². The third-order valence-corrected chi connectivity index (χ3v) is 7.30. The number of hydrogen-bond acceptors (Lipinski definition) is 8. The number of nitrogens with one attached hydrogen (secondary N) is 1. The average Bonchev–Trinajstić information content (AvgIpc) is 2.76. The second-order valence-electron chi connectivity index (χ2n) is 6.74. The minimum Gasteiger partial charge on any atom is -0.379 e. The van der Waals surface area contributed by atoms with Crippen LogP contribution in [0.1, 0.15) is 0 Å². The second-order valence-corrected chi connectivity index (χ2v) is 9.06. The fraction of sp³-hybridized carbons (Fsp3) is 0.471. The van der Waals surface area contributed by atoms with Crippen molar-refractivity contribution < 1.29 is 13.2 Å². The first-order valence-corrected chi connectivity index (χ1v) is 11.1. The fourth-order valence-corrected chi connectivity index (χ4v) is 4.98. The van der Waals surface area contributed by atoms with Gasteiger partial charge in [-0.25, -0.2) is 18.5 Å². The van der Waals surface area contributed by atoms with Crippen molar-refractivity contribution in [2.75, 3.05) is 62.3 Å². The van der Waals surface area contributed by atoms with E-state index in [0.717, 1.165) is 0 Å². The summed E-state index contributed by atoms with van der Waals surface area (Å²) in [4.78, 5) is 20.3. The molecule has 0 spiro atoms. The summed E-state index contributed by atoms with van der Waals surface area (Å²) in [7, 11) is -3.55. The first-order chi connectivity index (χ1) is 14.0. The number of rotatable bonds is 4. The summed E-state index contributed by atoms with van der Waals surface area (Å²) >= 11 is 6.08. The van der Waals surface area contributed by atoms with E-state index >= 15 is 0 Å². The maximum Gasteiger partial charge on any atom is 0.285 e. The Bertz CT molecular complexity index is 1010. The van der Waals surface area contributed by atoms with Gasteiger partial charge >= 0.3 is 0 Å². The van der Waals surface area contributed by atoms with Crippen molar-refractivity contribution >= 4 is 33.1 Å². The van der Waals surface area contributed by atoms with Crippen molar-refractivity contribution in [3.05, 3.63) is 39.9 Å². The number of piperazine rings is 1. The smallest absolute Gasteiger partial charge is 0.285 e. The SMILES string of the molecule is O=c1[nH]ncc(N2CCN(c3ccc(S(=O)(=O)N4CCOCC4)cn3)CC2)c1Cl. The molecule has 0 aromatic carbocycles. The monoisotopic (exact) mass is 440 g/mol. The minimum absolute atomic E-state index is 0.129. The first kappa shape index (κ1) is 20.1. The standard InChI is InChI=1S/C17H21ClN6O4S/c18-16-14(12-20-21-17(16)25)22-3-5-23(6-4-22)15-2-1-13(11-19-15)29(26,27)24-7-9-28-10-8-24/h1-2,11-12H,3-10H2,(H,21,25). The Hall–Kier alpha value is -2.21. The van der Waals surface area contributed by atoms with Gasteiger partial charge in [0, 0.05) is 45.5 Å². The molecular formula is C17H21ClN6O4S. The van der Waals surface area contributed by atoms with Crippen LogP contribution in [-0.4, -0.2) is 80.4 Å². The molecule has 0 atom stereocenters. The van der Waals surface area contributed by atoms with E-state index in [1.54, 1.807) is 18.3 Å². The van der Waals surface area contributed by atoms with Crippen molar-refractivity contribution in [1.82, 2.24) is 19.5 Å². The summed E-state index contributed by atoms with van der Waals surface area (Å²) in [6.07, 6.45) is 2.95. The molecule has 2 aliphatic heterocycles. The highest BCUT2D eigenvalue weighted by Gasteiger charge is 2.27. The van der Waals surface area contributed by atoms with Gasteiger partial charge in [0.15, 0.2) is 0 Å². The molecule has 4 rings (SSSR count). The molecule has 0 bridgehead atoms. The van der Waals surface area contributed by atoms with Gasteiger partial charge in [0.1, 0.15) is 15.7 Å². The zero-order valence-corrected chi connectivity index (χ0v) is 17.2. The van der Waals surface area contributed by atoms with E-state index in [2.05, 4.69) is 20.1 Å². The van der Waals surface area contributed by atoms with Crippen molar-refractivity contribution in [3.63, 3.8) is 0 Å². The molecule has 2 aromatic heterocycles. The van der Waals surface area contributed by atoms with Gasteiger partial charge in [0.2, 0.25) is 10.0 Å². The van der Waals surface area contributed by atoms with E-state index in [4.69, 9.17) is 16.3 Å². The van der Waals surface area contributed by atoms with Crippen LogP contribution in [0.4, 0.5) is 11.5 Å².